The largest absolute Gasteiger partial charge is 0.327 e. The molecule has 2 aliphatic carbocycles. The van der Waals surface area contributed by atoms with Crippen molar-refractivity contribution in [2.45, 2.75) is 44.7 Å². The molecule has 4 rings (SSSR count). The zero-order valence-electron chi connectivity index (χ0n) is 15.5. The highest BCUT2D eigenvalue weighted by molar-refractivity contribution is 6.30. The van der Waals surface area contributed by atoms with Crippen molar-refractivity contribution in [2.24, 2.45) is 23.5 Å². The van der Waals surface area contributed by atoms with Gasteiger partial charge in [0, 0.05) is 18.0 Å². The van der Waals surface area contributed by atoms with E-state index in [1.807, 2.05) is 0 Å². The van der Waals surface area contributed by atoms with E-state index in [9.17, 15) is 9.18 Å². The van der Waals surface area contributed by atoms with Crippen LogP contribution in [-0.4, -0.2) is 21.7 Å². The number of nitrogens with two attached hydrogens (primary N) is 1. The van der Waals surface area contributed by atoms with Gasteiger partial charge in [-0.1, -0.05) is 24.1 Å². The van der Waals surface area contributed by atoms with Gasteiger partial charge in [-0.25, -0.2) is 9.07 Å². The number of benzene rings is 1. The van der Waals surface area contributed by atoms with Gasteiger partial charge in [0.2, 0.25) is 5.91 Å². The van der Waals surface area contributed by atoms with E-state index in [1.165, 1.54) is 18.6 Å². The first-order valence-electron chi connectivity index (χ1n) is 9.53. The second-order valence-electron chi connectivity index (χ2n) is 7.81. The number of hydrogen-bond acceptors (Lipinski definition) is 3. The van der Waals surface area contributed by atoms with Gasteiger partial charge in [0.15, 0.2) is 0 Å². The van der Waals surface area contributed by atoms with Gasteiger partial charge in [-0.2, -0.15) is 5.10 Å². The average molecular weight is 427 g/mol. The highest BCUT2D eigenvalue weighted by Crippen LogP contribution is 2.42. The Morgan fingerprint density at radius 3 is 2.68 bits per heavy atom. The summed E-state index contributed by atoms with van der Waals surface area (Å²) in [6, 6.07) is 6.67. The fourth-order valence-corrected chi connectivity index (χ4v) is 4.72. The summed E-state index contributed by atoms with van der Waals surface area (Å²) in [5.74, 6) is 1.09. The Balaban J connectivity index is 0.00000225. The molecular formula is C20H25Cl2FN4O. The molecule has 2 saturated carbocycles. The molecule has 0 saturated heterocycles. The maximum atomic E-state index is 13.7. The van der Waals surface area contributed by atoms with Gasteiger partial charge >= 0.3 is 0 Å². The Hall–Kier alpha value is -1.63. The van der Waals surface area contributed by atoms with Gasteiger partial charge in [0.25, 0.3) is 0 Å². The Kier molecular flexibility index (Phi) is 6.63. The number of carbonyl (C=O) groups excluding carboxylic acids is 1. The van der Waals surface area contributed by atoms with Crippen LogP contribution in [0.15, 0.2) is 30.5 Å². The molecule has 2 bridgehead atoms. The number of amides is 1. The molecule has 2 aromatic rings. The SMILES string of the molecule is Cl.NC1C2CCCC1CC(C(=O)Nc1ccnn1Cc1ccc(Cl)c(F)c1)C2. The number of rotatable bonds is 4. The summed E-state index contributed by atoms with van der Waals surface area (Å²) in [4.78, 5) is 12.8. The molecule has 2 atom stereocenters. The number of halogens is 3. The van der Waals surface area contributed by atoms with Gasteiger partial charge in [-0.15, -0.1) is 12.4 Å². The molecule has 2 fully saturated rings. The summed E-state index contributed by atoms with van der Waals surface area (Å²) in [7, 11) is 0. The maximum Gasteiger partial charge on any atom is 0.228 e. The molecule has 152 valence electrons. The molecule has 1 heterocycles. The second-order valence-corrected chi connectivity index (χ2v) is 8.22. The van der Waals surface area contributed by atoms with Crippen LogP contribution in [0.3, 0.4) is 0 Å². The third kappa shape index (κ3) is 4.34. The van der Waals surface area contributed by atoms with Gasteiger partial charge in [0.05, 0.1) is 17.8 Å². The van der Waals surface area contributed by atoms with Crippen molar-refractivity contribution in [1.82, 2.24) is 9.78 Å². The summed E-state index contributed by atoms with van der Waals surface area (Å²) in [6.45, 7) is 0.359. The van der Waals surface area contributed by atoms with Gasteiger partial charge in [-0.3, -0.25) is 4.79 Å². The molecule has 0 radical (unpaired) electrons. The van der Waals surface area contributed by atoms with Crippen LogP contribution in [0.5, 0.6) is 0 Å². The summed E-state index contributed by atoms with van der Waals surface area (Å²) in [5.41, 5.74) is 7.06. The molecule has 1 aromatic carbocycles. The normalized spacial score (nSPS) is 26.4. The molecule has 2 unspecified atom stereocenters. The fraction of sp³-hybridized carbons (Fsp3) is 0.500. The van der Waals surface area contributed by atoms with E-state index < -0.39 is 5.82 Å². The van der Waals surface area contributed by atoms with E-state index >= 15 is 0 Å². The second kappa shape index (κ2) is 8.80. The summed E-state index contributed by atoms with van der Waals surface area (Å²) >= 11 is 5.74. The number of hydrogen-bond donors (Lipinski definition) is 2. The lowest BCUT2D eigenvalue weighted by Gasteiger charge is -2.43. The van der Waals surface area contributed by atoms with Crippen molar-refractivity contribution in [3.05, 3.63) is 46.9 Å². The fourth-order valence-electron chi connectivity index (χ4n) is 4.61. The minimum absolute atomic E-state index is 0. The van der Waals surface area contributed by atoms with Crippen LogP contribution in [0.25, 0.3) is 0 Å². The number of nitrogens with one attached hydrogen (secondary N) is 1. The lowest BCUT2D eigenvalue weighted by Crippen LogP contribution is -2.48. The minimum atomic E-state index is -0.461. The molecule has 1 aromatic heterocycles. The Morgan fingerprint density at radius 1 is 1.29 bits per heavy atom. The van der Waals surface area contributed by atoms with E-state index in [0.717, 1.165) is 31.2 Å². The van der Waals surface area contributed by atoms with Gasteiger partial charge < -0.3 is 11.1 Å². The van der Waals surface area contributed by atoms with Gasteiger partial charge in [-0.05, 0) is 55.2 Å². The maximum absolute atomic E-state index is 13.7. The van der Waals surface area contributed by atoms with E-state index in [1.54, 1.807) is 23.0 Å². The molecule has 8 heteroatoms. The Bertz CT molecular complexity index is 829. The number of aromatic nitrogens is 2. The molecule has 0 spiro atoms. The first-order valence-corrected chi connectivity index (χ1v) is 9.91. The van der Waals surface area contributed by atoms with Crippen molar-refractivity contribution in [3.63, 3.8) is 0 Å². The average Bonchev–Trinajstić information content (AvgIpc) is 3.04. The number of carbonyl (C=O) groups is 1. The Morgan fingerprint density at radius 2 is 2.00 bits per heavy atom. The molecule has 3 N–H and O–H groups in total. The summed E-state index contributed by atoms with van der Waals surface area (Å²) < 4.78 is 15.3. The predicted octanol–water partition coefficient (Wildman–Crippen LogP) is 4.24. The summed E-state index contributed by atoms with van der Waals surface area (Å²) in [5, 5.41) is 7.36. The van der Waals surface area contributed by atoms with Crippen LogP contribution in [0, 0.1) is 23.6 Å². The Labute approximate surface area is 175 Å². The van der Waals surface area contributed by atoms with Crippen LogP contribution < -0.4 is 11.1 Å². The lowest BCUT2D eigenvalue weighted by atomic mass is 9.65. The van der Waals surface area contributed by atoms with Crippen molar-refractivity contribution in [2.75, 3.05) is 5.32 Å². The molecular weight excluding hydrogens is 402 g/mol. The lowest BCUT2D eigenvalue weighted by molar-refractivity contribution is -0.122. The molecule has 0 aliphatic heterocycles. The van der Waals surface area contributed by atoms with E-state index in [-0.39, 0.29) is 35.3 Å². The number of anilines is 1. The number of nitrogens with zero attached hydrogens (tertiary/aromatic N) is 2. The van der Waals surface area contributed by atoms with Crippen molar-refractivity contribution in [3.8, 4) is 0 Å². The quantitative estimate of drug-likeness (QED) is 0.767. The molecule has 1 amide bonds. The van der Waals surface area contributed by atoms with Crippen LogP contribution in [0.1, 0.15) is 37.7 Å². The minimum Gasteiger partial charge on any atom is -0.327 e. The standard InChI is InChI=1S/C20H24ClFN4O.ClH/c21-16-5-4-12(8-17(16)22)11-26-18(6-7-24-26)25-20(27)15-9-13-2-1-3-14(10-15)19(13)23;/h4-8,13-15,19H,1-3,9-11,23H2,(H,25,27);1H. The zero-order chi connectivity index (χ0) is 19.0. The van der Waals surface area contributed by atoms with Gasteiger partial charge in [0.1, 0.15) is 11.6 Å². The smallest absolute Gasteiger partial charge is 0.228 e. The van der Waals surface area contributed by atoms with Crippen LogP contribution in [0.4, 0.5) is 10.2 Å². The monoisotopic (exact) mass is 426 g/mol. The molecule has 2 aliphatic rings. The predicted molar refractivity (Wildman–Crippen MR) is 110 cm³/mol. The molecule has 5 nitrogen and oxygen atoms in total. The highest BCUT2D eigenvalue weighted by atomic mass is 35.5. The molecule has 28 heavy (non-hydrogen) atoms. The van der Waals surface area contributed by atoms with Crippen molar-refractivity contribution >= 4 is 35.7 Å². The van der Waals surface area contributed by atoms with Crippen molar-refractivity contribution < 1.29 is 9.18 Å². The van der Waals surface area contributed by atoms with Crippen molar-refractivity contribution in [1.29, 1.82) is 0 Å². The third-order valence-electron chi connectivity index (χ3n) is 6.07. The number of fused-ring (bicyclic) bond motifs is 2. The van der Waals surface area contributed by atoms with Crippen LogP contribution >= 0.6 is 24.0 Å². The first kappa shape index (κ1) is 21.1. The first-order chi connectivity index (χ1) is 13.0. The summed E-state index contributed by atoms with van der Waals surface area (Å²) in [6.07, 6.45) is 6.83. The van der Waals surface area contributed by atoms with Crippen LogP contribution in [0.2, 0.25) is 5.02 Å². The van der Waals surface area contributed by atoms with E-state index in [4.69, 9.17) is 17.3 Å². The van der Waals surface area contributed by atoms with E-state index in [2.05, 4.69) is 10.4 Å². The zero-order valence-corrected chi connectivity index (χ0v) is 17.1. The van der Waals surface area contributed by atoms with E-state index in [0.29, 0.717) is 24.2 Å². The third-order valence-corrected chi connectivity index (χ3v) is 6.37. The van der Waals surface area contributed by atoms with Crippen LogP contribution in [-0.2, 0) is 11.3 Å². The topological polar surface area (TPSA) is 72.9 Å². The highest BCUT2D eigenvalue weighted by Gasteiger charge is 2.40.